The van der Waals surface area contributed by atoms with Crippen LogP contribution in [0.2, 0.25) is 0 Å². The SMILES string of the molecule is COc1c(F)cccc1Nc1c2[nH]c3c1C(=O)NC[C@H]3CC(=O)N1CCC[C@@H]1C(=O)N[I-]Oc1cnccc1-2. The number of halogens is 2. The zero-order valence-corrected chi connectivity index (χ0v) is 23.0. The number of carbonyl (C=O) groups excluding carboxylic acids is 3. The number of rotatable bonds is 3. The first-order valence-electron chi connectivity index (χ1n) is 12.4. The predicted molar refractivity (Wildman–Crippen MR) is 133 cm³/mol. The number of nitrogens with zero attached hydrogens (tertiary/aromatic N) is 2. The second kappa shape index (κ2) is 10.4. The van der Waals surface area contributed by atoms with Crippen LogP contribution in [0.4, 0.5) is 15.8 Å². The van der Waals surface area contributed by atoms with Crippen molar-refractivity contribution in [3.8, 4) is 22.8 Å². The number of fused-ring (bicyclic) bond motifs is 4. The number of carbonyl (C=O) groups is 3. The molecule has 0 spiro atoms. The van der Waals surface area contributed by atoms with Crippen LogP contribution in [0.5, 0.6) is 11.5 Å². The number of aromatic nitrogens is 2. The normalized spacial score (nSPS) is 20.9. The first-order valence-corrected chi connectivity index (χ1v) is 14.4. The molecule has 0 radical (unpaired) electrons. The number of hydrogen-bond donors (Lipinski definition) is 4. The number of aromatic amines is 1. The standard InChI is InChI=1S/C26H25FIN6O5/c1-38-24-15(27)4-2-5-16(24)31-23-20-21-13(11-30-26(20)37)10-19(35)34-9-3-6-17(34)25(36)33-28-39-18-12-29-8-7-14(18)22(23)32-21/h2,4-5,7-8,12-13,17,31-32H,3,6,9-11H2,1H3,(H,30,37)(H,33,36)/q-1/t13-,17-/m1/s1. The fourth-order valence-corrected chi connectivity index (χ4v) is 6.67. The van der Waals surface area contributed by atoms with E-state index in [-0.39, 0.29) is 42.4 Å². The van der Waals surface area contributed by atoms with Gasteiger partial charge in [-0.2, -0.15) is 0 Å². The monoisotopic (exact) mass is 647 g/mol. The Balaban J connectivity index is 1.53. The molecular formula is C26H25FIN6O5-. The van der Waals surface area contributed by atoms with Gasteiger partial charge in [-0.3, -0.25) is 0 Å². The van der Waals surface area contributed by atoms with Crippen molar-refractivity contribution >= 4 is 29.1 Å². The van der Waals surface area contributed by atoms with Crippen LogP contribution >= 0.6 is 0 Å². The van der Waals surface area contributed by atoms with Crippen molar-refractivity contribution in [3.63, 3.8) is 0 Å². The van der Waals surface area contributed by atoms with Crippen molar-refractivity contribution < 1.29 is 48.5 Å². The average molecular weight is 647 g/mol. The molecule has 3 aliphatic heterocycles. The summed E-state index contributed by atoms with van der Waals surface area (Å²) in [6.45, 7) is 0.743. The first-order chi connectivity index (χ1) is 19.0. The van der Waals surface area contributed by atoms with Crippen LogP contribution in [0.1, 0.15) is 41.2 Å². The number of H-pyrrole nitrogens is 1. The Kier molecular flexibility index (Phi) is 6.74. The Labute approximate surface area is 234 Å². The molecule has 0 saturated carbocycles. The van der Waals surface area contributed by atoms with Crippen molar-refractivity contribution in [1.29, 1.82) is 0 Å². The molecule has 4 N–H and O–H groups in total. The second-order valence-corrected chi connectivity index (χ2v) is 10.9. The third kappa shape index (κ3) is 4.53. The predicted octanol–water partition coefficient (Wildman–Crippen LogP) is -0.396. The molecule has 6 rings (SSSR count). The molecule has 39 heavy (non-hydrogen) atoms. The number of nitrogens with one attached hydrogen (secondary N) is 4. The van der Waals surface area contributed by atoms with Crippen LogP contribution in [-0.4, -0.2) is 58.8 Å². The summed E-state index contributed by atoms with van der Waals surface area (Å²) < 4.78 is 28.8. The Morgan fingerprint density at radius 2 is 2.13 bits per heavy atom. The number of para-hydroxylation sites is 1. The number of ether oxygens (including phenoxy) is 1. The fraction of sp³-hybridized carbons (Fsp3) is 0.308. The van der Waals surface area contributed by atoms with E-state index in [9.17, 15) is 18.8 Å². The molecule has 1 fully saturated rings. The van der Waals surface area contributed by atoms with E-state index in [1.54, 1.807) is 29.4 Å². The van der Waals surface area contributed by atoms with E-state index in [1.807, 2.05) is 0 Å². The van der Waals surface area contributed by atoms with Gasteiger partial charge in [-0.15, -0.1) is 0 Å². The molecule has 3 aromatic rings. The fourth-order valence-electron chi connectivity index (χ4n) is 5.39. The van der Waals surface area contributed by atoms with E-state index in [2.05, 4.69) is 24.1 Å². The van der Waals surface area contributed by atoms with Gasteiger partial charge < -0.3 is 0 Å². The molecule has 2 bridgehead atoms. The topological polar surface area (TPSA) is 138 Å². The summed E-state index contributed by atoms with van der Waals surface area (Å²) in [5.74, 6) is -1.25. The molecule has 2 aromatic heterocycles. The van der Waals surface area contributed by atoms with Gasteiger partial charge in [0.25, 0.3) is 0 Å². The van der Waals surface area contributed by atoms with Crippen molar-refractivity contribution in [3.05, 3.63) is 53.7 Å². The van der Waals surface area contributed by atoms with Crippen molar-refractivity contribution in [2.75, 3.05) is 25.5 Å². The maximum atomic E-state index is 14.6. The van der Waals surface area contributed by atoms with E-state index in [0.29, 0.717) is 52.6 Å². The second-order valence-electron chi connectivity index (χ2n) is 9.45. The van der Waals surface area contributed by atoms with Gasteiger partial charge in [0.1, 0.15) is 0 Å². The molecule has 5 heterocycles. The molecule has 1 aromatic carbocycles. The van der Waals surface area contributed by atoms with Crippen LogP contribution in [0.15, 0.2) is 36.7 Å². The van der Waals surface area contributed by atoms with Crippen LogP contribution in [0.3, 0.4) is 0 Å². The molecule has 2 atom stereocenters. The number of pyridine rings is 1. The zero-order chi connectivity index (χ0) is 27.1. The van der Waals surface area contributed by atoms with Gasteiger partial charge in [0, 0.05) is 0 Å². The molecule has 204 valence electrons. The minimum atomic E-state index is -1.28. The molecule has 0 unspecified atom stereocenters. The number of methoxy groups -OCH3 is 1. The van der Waals surface area contributed by atoms with E-state index >= 15 is 0 Å². The Morgan fingerprint density at radius 3 is 2.97 bits per heavy atom. The summed E-state index contributed by atoms with van der Waals surface area (Å²) in [4.78, 5) is 48.9. The minimum absolute atomic E-state index is 0.00732. The summed E-state index contributed by atoms with van der Waals surface area (Å²) in [7, 11) is 1.37. The van der Waals surface area contributed by atoms with E-state index in [1.165, 1.54) is 19.2 Å². The van der Waals surface area contributed by atoms with Crippen LogP contribution in [0.25, 0.3) is 11.3 Å². The summed E-state index contributed by atoms with van der Waals surface area (Å²) in [6, 6.07) is 5.65. The molecule has 0 aliphatic carbocycles. The third-order valence-corrected chi connectivity index (χ3v) is 8.65. The van der Waals surface area contributed by atoms with Gasteiger partial charge in [0.2, 0.25) is 0 Å². The van der Waals surface area contributed by atoms with Gasteiger partial charge in [0.05, 0.1) is 0 Å². The Morgan fingerprint density at radius 1 is 1.26 bits per heavy atom. The van der Waals surface area contributed by atoms with E-state index in [4.69, 9.17) is 7.80 Å². The summed E-state index contributed by atoms with van der Waals surface area (Å²) in [5, 5.41) is 6.11. The number of anilines is 2. The van der Waals surface area contributed by atoms with Crippen LogP contribution in [-0.2, 0) is 9.59 Å². The number of amides is 3. The van der Waals surface area contributed by atoms with Crippen molar-refractivity contribution in [2.45, 2.75) is 31.2 Å². The van der Waals surface area contributed by atoms with Crippen LogP contribution < -0.4 is 43.9 Å². The zero-order valence-electron chi connectivity index (χ0n) is 20.8. The maximum absolute atomic E-state index is 14.6. The molecule has 11 nitrogen and oxygen atoms in total. The van der Waals surface area contributed by atoms with Gasteiger partial charge in [0.15, 0.2) is 0 Å². The number of hydrogen-bond acceptors (Lipinski definition) is 7. The molecule has 3 aliphatic rings. The Hall–Kier alpha value is -3.88. The average Bonchev–Trinajstić information content (AvgIpc) is 3.57. The van der Waals surface area contributed by atoms with Gasteiger partial charge in [-0.1, -0.05) is 0 Å². The van der Waals surface area contributed by atoms with Gasteiger partial charge >= 0.3 is 235 Å². The summed E-state index contributed by atoms with van der Waals surface area (Å²) in [6.07, 6.45) is 4.56. The summed E-state index contributed by atoms with van der Waals surface area (Å²) >= 11 is -1.28. The molecule has 1 saturated heterocycles. The molecular weight excluding hydrogens is 622 g/mol. The van der Waals surface area contributed by atoms with E-state index < -0.39 is 33.8 Å². The molecule has 13 heteroatoms. The molecule has 3 amide bonds. The van der Waals surface area contributed by atoms with E-state index in [0.717, 1.165) is 6.42 Å². The van der Waals surface area contributed by atoms with Crippen molar-refractivity contribution in [2.24, 2.45) is 0 Å². The Bertz CT molecular complexity index is 1480. The van der Waals surface area contributed by atoms with Crippen LogP contribution in [0, 0.1) is 5.82 Å². The summed E-state index contributed by atoms with van der Waals surface area (Å²) in [5.41, 5.74) is 2.69. The van der Waals surface area contributed by atoms with Crippen molar-refractivity contribution in [1.82, 2.24) is 23.7 Å². The van der Waals surface area contributed by atoms with Gasteiger partial charge in [-0.05, 0) is 0 Å². The van der Waals surface area contributed by atoms with Gasteiger partial charge in [-0.25, -0.2) is 0 Å². The quantitative estimate of drug-likeness (QED) is 0.225. The third-order valence-electron chi connectivity index (χ3n) is 7.21. The first kappa shape index (κ1) is 25.4. The number of benzene rings is 1.